The molecule has 15 heavy (non-hydrogen) atoms. The number of hydrogen-bond acceptors (Lipinski definition) is 3. The number of nitrogens with zero attached hydrogens (tertiary/aromatic N) is 2. The van der Waals surface area contributed by atoms with E-state index in [1.165, 1.54) is 32.1 Å². The first-order valence-corrected chi connectivity index (χ1v) is 5.82. The number of halogens is 1. The van der Waals surface area contributed by atoms with Gasteiger partial charge in [0.15, 0.2) is 11.0 Å². The van der Waals surface area contributed by atoms with Crippen LogP contribution in [0.3, 0.4) is 0 Å². The smallest absolute Gasteiger partial charge is 0.171 e. The van der Waals surface area contributed by atoms with E-state index in [0.717, 1.165) is 0 Å². The summed E-state index contributed by atoms with van der Waals surface area (Å²) < 4.78 is 0. The van der Waals surface area contributed by atoms with Crippen molar-refractivity contribution in [3.8, 4) is 0 Å². The Labute approximate surface area is 95.3 Å². The largest absolute Gasteiger partial charge is 0.362 e. The van der Waals surface area contributed by atoms with Crippen molar-refractivity contribution >= 4 is 17.4 Å². The van der Waals surface area contributed by atoms with E-state index in [-0.39, 0.29) is 5.54 Å². The fourth-order valence-corrected chi connectivity index (χ4v) is 2.30. The molecule has 1 fully saturated rings. The Balaban J connectivity index is 2.10. The highest BCUT2D eigenvalue weighted by Gasteiger charge is 2.27. The quantitative estimate of drug-likeness (QED) is 0.840. The summed E-state index contributed by atoms with van der Waals surface area (Å²) in [7, 11) is 0. The Bertz CT molecular complexity index is 334. The predicted molar refractivity (Wildman–Crippen MR) is 62.2 cm³/mol. The van der Waals surface area contributed by atoms with Gasteiger partial charge in [0, 0.05) is 17.9 Å². The molecule has 0 bridgehead atoms. The van der Waals surface area contributed by atoms with Gasteiger partial charge < -0.3 is 5.32 Å². The monoisotopic (exact) mass is 225 g/mol. The number of aromatic nitrogens is 2. The predicted octanol–water partition coefficient (Wildman–Crippen LogP) is 3.26. The topological polar surface area (TPSA) is 37.8 Å². The lowest BCUT2D eigenvalue weighted by Gasteiger charge is -2.35. The zero-order valence-corrected chi connectivity index (χ0v) is 9.72. The Kier molecular flexibility index (Phi) is 3.10. The van der Waals surface area contributed by atoms with E-state index in [1.54, 1.807) is 12.4 Å². The molecule has 0 amide bonds. The number of hydrogen-bond donors (Lipinski definition) is 1. The molecule has 0 aliphatic heterocycles. The first kappa shape index (κ1) is 10.7. The molecule has 1 N–H and O–H groups in total. The van der Waals surface area contributed by atoms with Gasteiger partial charge in [-0.25, -0.2) is 9.97 Å². The van der Waals surface area contributed by atoms with Gasteiger partial charge in [0.1, 0.15) is 0 Å². The molecule has 0 saturated heterocycles. The SMILES string of the molecule is CC1(Nc2nccnc2Cl)CCCCC1. The lowest BCUT2D eigenvalue weighted by molar-refractivity contribution is 0.348. The van der Waals surface area contributed by atoms with Crippen LogP contribution in [0.1, 0.15) is 39.0 Å². The first-order chi connectivity index (χ1) is 7.20. The molecule has 0 atom stereocenters. The highest BCUT2D eigenvalue weighted by Crippen LogP contribution is 2.31. The number of rotatable bonds is 2. The molecule has 2 rings (SSSR count). The van der Waals surface area contributed by atoms with Crippen LogP contribution in [0.15, 0.2) is 12.4 Å². The Morgan fingerprint density at radius 3 is 2.53 bits per heavy atom. The maximum atomic E-state index is 5.97. The van der Waals surface area contributed by atoms with Gasteiger partial charge in [0.2, 0.25) is 0 Å². The Morgan fingerprint density at radius 1 is 1.20 bits per heavy atom. The summed E-state index contributed by atoms with van der Waals surface area (Å²) in [6, 6.07) is 0. The summed E-state index contributed by atoms with van der Waals surface area (Å²) in [6.45, 7) is 2.23. The van der Waals surface area contributed by atoms with E-state index in [4.69, 9.17) is 11.6 Å². The maximum Gasteiger partial charge on any atom is 0.171 e. The van der Waals surface area contributed by atoms with Crippen molar-refractivity contribution in [1.29, 1.82) is 0 Å². The van der Waals surface area contributed by atoms with Gasteiger partial charge in [-0.3, -0.25) is 0 Å². The van der Waals surface area contributed by atoms with Gasteiger partial charge in [-0.15, -0.1) is 0 Å². The van der Waals surface area contributed by atoms with Crippen LogP contribution in [-0.4, -0.2) is 15.5 Å². The molecular formula is C11H16ClN3. The van der Waals surface area contributed by atoms with Crippen LogP contribution in [0.5, 0.6) is 0 Å². The zero-order valence-electron chi connectivity index (χ0n) is 8.96. The van der Waals surface area contributed by atoms with Crippen molar-refractivity contribution in [3.05, 3.63) is 17.5 Å². The minimum Gasteiger partial charge on any atom is -0.362 e. The first-order valence-electron chi connectivity index (χ1n) is 5.44. The molecule has 1 aliphatic rings. The van der Waals surface area contributed by atoms with Crippen LogP contribution < -0.4 is 5.32 Å². The van der Waals surface area contributed by atoms with Crippen molar-refractivity contribution in [2.45, 2.75) is 44.6 Å². The van der Waals surface area contributed by atoms with Crippen molar-refractivity contribution in [2.24, 2.45) is 0 Å². The highest BCUT2D eigenvalue weighted by molar-refractivity contribution is 6.31. The van der Waals surface area contributed by atoms with E-state index in [2.05, 4.69) is 22.2 Å². The fraction of sp³-hybridized carbons (Fsp3) is 0.636. The fourth-order valence-electron chi connectivity index (χ4n) is 2.15. The molecule has 1 saturated carbocycles. The normalized spacial score (nSPS) is 19.9. The van der Waals surface area contributed by atoms with Gasteiger partial charge in [0.05, 0.1) is 0 Å². The van der Waals surface area contributed by atoms with E-state index in [1.807, 2.05) is 0 Å². The molecular weight excluding hydrogens is 210 g/mol. The molecule has 0 unspecified atom stereocenters. The third-order valence-corrected chi connectivity index (χ3v) is 3.31. The second-order valence-corrected chi connectivity index (χ2v) is 4.80. The summed E-state index contributed by atoms with van der Waals surface area (Å²) in [5.41, 5.74) is 0.137. The molecule has 1 aromatic heterocycles. The van der Waals surface area contributed by atoms with Crippen LogP contribution in [-0.2, 0) is 0 Å². The minimum atomic E-state index is 0.137. The van der Waals surface area contributed by atoms with Crippen LogP contribution in [0, 0.1) is 0 Å². The number of anilines is 1. The summed E-state index contributed by atoms with van der Waals surface area (Å²) in [6.07, 6.45) is 9.53. The van der Waals surface area contributed by atoms with Crippen molar-refractivity contribution < 1.29 is 0 Å². The van der Waals surface area contributed by atoms with E-state index < -0.39 is 0 Å². The molecule has 1 aromatic rings. The van der Waals surface area contributed by atoms with E-state index in [0.29, 0.717) is 11.0 Å². The number of nitrogens with one attached hydrogen (secondary N) is 1. The molecule has 4 heteroatoms. The molecule has 0 aromatic carbocycles. The zero-order chi connectivity index (χ0) is 10.7. The summed E-state index contributed by atoms with van der Waals surface area (Å²) in [5, 5.41) is 3.88. The average molecular weight is 226 g/mol. The van der Waals surface area contributed by atoms with Crippen molar-refractivity contribution in [3.63, 3.8) is 0 Å². The molecule has 0 radical (unpaired) electrons. The Morgan fingerprint density at radius 2 is 1.87 bits per heavy atom. The van der Waals surface area contributed by atoms with Crippen LogP contribution >= 0.6 is 11.6 Å². The van der Waals surface area contributed by atoms with Gasteiger partial charge in [0.25, 0.3) is 0 Å². The van der Waals surface area contributed by atoms with Crippen LogP contribution in [0.4, 0.5) is 5.82 Å². The summed E-state index contributed by atoms with van der Waals surface area (Å²) >= 11 is 5.97. The van der Waals surface area contributed by atoms with Gasteiger partial charge in [-0.1, -0.05) is 30.9 Å². The standard InChI is InChI=1S/C11H16ClN3/c1-11(5-3-2-4-6-11)15-10-9(12)13-7-8-14-10/h7-8H,2-6H2,1H3,(H,14,15). The third-order valence-electron chi connectivity index (χ3n) is 3.03. The van der Waals surface area contributed by atoms with Gasteiger partial charge in [-0.05, 0) is 19.8 Å². The van der Waals surface area contributed by atoms with Crippen LogP contribution in [0.25, 0.3) is 0 Å². The summed E-state index contributed by atoms with van der Waals surface area (Å²) in [4.78, 5) is 8.23. The molecule has 0 spiro atoms. The molecule has 1 heterocycles. The second kappa shape index (κ2) is 4.35. The van der Waals surface area contributed by atoms with Crippen molar-refractivity contribution in [1.82, 2.24) is 9.97 Å². The molecule has 3 nitrogen and oxygen atoms in total. The van der Waals surface area contributed by atoms with E-state index >= 15 is 0 Å². The van der Waals surface area contributed by atoms with Crippen molar-refractivity contribution in [2.75, 3.05) is 5.32 Å². The second-order valence-electron chi connectivity index (χ2n) is 4.44. The Hall–Kier alpha value is -0.830. The lowest BCUT2D eigenvalue weighted by Crippen LogP contribution is -2.37. The molecule has 1 aliphatic carbocycles. The highest BCUT2D eigenvalue weighted by atomic mass is 35.5. The average Bonchev–Trinajstić information content (AvgIpc) is 2.22. The molecule has 82 valence electrons. The van der Waals surface area contributed by atoms with Gasteiger partial charge >= 0.3 is 0 Å². The van der Waals surface area contributed by atoms with Gasteiger partial charge in [-0.2, -0.15) is 0 Å². The third kappa shape index (κ3) is 2.59. The van der Waals surface area contributed by atoms with Crippen LogP contribution in [0.2, 0.25) is 5.15 Å². The maximum absolute atomic E-state index is 5.97. The lowest BCUT2D eigenvalue weighted by atomic mass is 9.83. The summed E-state index contributed by atoms with van der Waals surface area (Å²) in [5.74, 6) is 0.712. The minimum absolute atomic E-state index is 0.137. The van der Waals surface area contributed by atoms with E-state index in [9.17, 15) is 0 Å².